The molecule has 1 fully saturated rings. The highest BCUT2D eigenvalue weighted by Crippen LogP contribution is 2.46. The van der Waals surface area contributed by atoms with Crippen LogP contribution in [0.2, 0.25) is 0 Å². The highest BCUT2D eigenvalue weighted by atomic mass is 32.2. The summed E-state index contributed by atoms with van der Waals surface area (Å²) in [5.74, 6) is 0.0927. The van der Waals surface area contributed by atoms with Crippen molar-refractivity contribution in [3.8, 4) is 0 Å². The molecule has 1 aromatic carbocycles. The van der Waals surface area contributed by atoms with Crippen LogP contribution in [0.3, 0.4) is 0 Å². The van der Waals surface area contributed by atoms with Gasteiger partial charge in [0.05, 0.1) is 6.42 Å². The van der Waals surface area contributed by atoms with Crippen LogP contribution in [0.25, 0.3) is 0 Å². The van der Waals surface area contributed by atoms with Crippen LogP contribution >= 0.6 is 11.8 Å². The van der Waals surface area contributed by atoms with E-state index in [0.717, 1.165) is 17.8 Å². The second-order valence-electron chi connectivity index (χ2n) is 4.58. The Kier molecular flexibility index (Phi) is 3.62. The Balaban J connectivity index is 1.79. The van der Waals surface area contributed by atoms with Crippen molar-refractivity contribution >= 4 is 23.4 Å². The molecule has 1 saturated carbocycles. The van der Waals surface area contributed by atoms with Gasteiger partial charge in [-0.15, -0.1) is 0 Å². The lowest BCUT2D eigenvalue weighted by Gasteiger charge is -2.13. The first-order valence-corrected chi connectivity index (χ1v) is 7.02. The van der Waals surface area contributed by atoms with Crippen molar-refractivity contribution in [1.29, 1.82) is 0 Å². The number of nitrogens with two attached hydrogens (primary N) is 1. The van der Waals surface area contributed by atoms with Gasteiger partial charge in [0, 0.05) is 17.0 Å². The average molecular weight is 250 g/mol. The minimum Gasteiger partial charge on any atom is -0.399 e. The Labute approximate surface area is 106 Å². The molecule has 0 aromatic heterocycles. The Morgan fingerprint density at radius 2 is 2.06 bits per heavy atom. The van der Waals surface area contributed by atoms with Gasteiger partial charge in [-0.1, -0.05) is 12.1 Å². The van der Waals surface area contributed by atoms with E-state index in [2.05, 4.69) is 11.6 Å². The molecule has 0 aliphatic heterocycles. The fraction of sp³-hybridized carbons (Fsp3) is 0.462. The zero-order chi connectivity index (χ0) is 12.3. The van der Waals surface area contributed by atoms with Crippen LogP contribution in [0.1, 0.15) is 18.4 Å². The number of amides is 1. The van der Waals surface area contributed by atoms with E-state index in [-0.39, 0.29) is 5.91 Å². The van der Waals surface area contributed by atoms with Gasteiger partial charge in [0.15, 0.2) is 0 Å². The van der Waals surface area contributed by atoms with Crippen molar-refractivity contribution in [3.63, 3.8) is 0 Å². The third-order valence-electron chi connectivity index (χ3n) is 3.19. The molecule has 0 saturated heterocycles. The number of hydrogen-bond acceptors (Lipinski definition) is 3. The van der Waals surface area contributed by atoms with E-state index in [1.54, 1.807) is 0 Å². The molecule has 0 unspecified atom stereocenters. The predicted octanol–water partition coefficient (Wildman–Crippen LogP) is 1.82. The molecule has 0 heterocycles. The van der Waals surface area contributed by atoms with E-state index in [0.29, 0.717) is 11.2 Å². The summed E-state index contributed by atoms with van der Waals surface area (Å²) in [6.45, 7) is 0.794. The van der Waals surface area contributed by atoms with Gasteiger partial charge in [-0.05, 0) is 36.8 Å². The molecule has 0 atom stereocenters. The predicted molar refractivity (Wildman–Crippen MR) is 73.0 cm³/mol. The SMILES string of the molecule is CSC1(CNC(=O)Cc2ccc(N)cc2)CC1. The first-order valence-electron chi connectivity index (χ1n) is 5.80. The first-order chi connectivity index (χ1) is 8.13. The number of thioether (sulfide) groups is 1. The molecule has 92 valence electrons. The lowest BCUT2D eigenvalue weighted by molar-refractivity contribution is -0.120. The second-order valence-corrected chi connectivity index (χ2v) is 5.86. The number of carbonyl (C=O) groups excluding carboxylic acids is 1. The number of hydrogen-bond donors (Lipinski definition) is 2. The Hall–Kier alpha value is -1.16. The summed E-state index contributed by atoms with van der Waals surface area (Å²) < 4.78 is 0.330. The van der Waals surface area contributed by atoms with E-state index in [1.807, 2.05) is 36.0 Å². The third-order valence-corrected chi connectivity index (χ3v) is 4.61. The van der Waals surface area contributed by atoms with E-state index in [9.17, 15) is 4.79 Å². The molecule has 4 heteroatoms. The van der Waals surface area contributed by atoms with Crippen molar-refractivity contribution in [3.05, 3.63) is 29.8 Å². The van der Waals surface area contributed by atoms with Crippen molar-refractivity contribution < 1.29 is 4.79 Å². The third kappa shape index (κ3) is 3.40. The fourth-order valence-electron chi connectivity index (χ4n) is 1.74. The van der Waals surface area contributed by atoms with E-state index >= 15 is 0 Å². The summed E-state index contributed by atoms with van der Waals surface area (Å²) in [5.41, 5.74) is 7.33. The highest BCUT2D eigenvalue weighted by Gasteiger charge is 2.41. The minimum absolute atomic E-state index is 0.0927. The van der Waals surface area contributed by atoms with Crippen LogP contribution in [0.5, 0.6) is 0 Å². The lowest BCUT2D eigenvalue weighted by atomic mass is 10.1. The molecule has 0 radical (unpaired) electrons. The van der Waals surface area contributed by atoms with Crippen LogP contribution in [-0.4, -0.2) is 23.5 Å². The van der Waals surface area contributed by atoms with Gasteiger partial charge in [-0.25, -0.2) is 0 Å². The summed E-state index contributed by atoms with van der Waals surface area (Å²) in [5, 5.41) is 3.01. The maximum atomic E-state index is 11.7. The van der Waals surface area contributed by atoms with Gasteiger partial charge in [0.25, 0.3) is 0 Å². The maximum absolute atomic E-state index is 11.7. The Bertz CT molecular complexity index is 398. The van der Waals surface area contributed by atoms with Crippen molar-refractivity contribution in [2.24, 2.45) is 0 Å². The minimum atomic E-state index is 0.0927. The van der Waals surface area contributed by atoms with Crippen molar-refractivity contribution in [1.82, 2.24) is 5.32 Å². The summed E-state index contributed by atoms with van der Waals surface area (Å²) >= 11 is 1.86. The van der Waals surface area contributed by atoms with Crippen LogP contribution < -0.4 is 11.1 Å². The van der Waals surface area contributed by atoms with Gasteiger partial charge >= 0.3 is 0 Å². The van der Waals surface area contributed by atoms with E-state index < -0.39 is 0 Å². The van der Waals surface area contributed by atoms with Gasteiger partial charge in [0.2, 0.25) is 5.91 Å². The zero-order valence-corrected chi connectivity index (χ0v) is 10.8. The monoisotopic (exact) mass is 250 g/mol. The molecule has 0 bridgehead atoms. The molecule has 2 rings (SSSR count). The van der Waals surface area contributed by atoms with Crippen LogP contribution in [0.4, 0.5) is 5.69 Å². The maximum Gasteiger partial charge on any atom is 0.224 e. The van der Waals surface area contributed by atoms with Crippen molar-refractivity contribution in [2.75, 3.05) is 18.5 Å². The summed E-state index contributed by atoms with van der Waals surface area (Å²) in [7, 11) is 0. The van der Waals surface area contributed by atoms with Crippen molar-refractivity contribution in [2.45, 2.75) is 24.0 Å². The molecule has 1 amide bonds. The standard InChI is InChI=1S/C13H18N2OS/c1-17-13(6-7-13)9-15-12(16)8-10-2-4-11(14)5-3-10/h2-5H,6-9,14H2,1H3,(H,15,16). The van der Waals surface area contributed by atoms with Gasteiger partial charge < -0.3 is 11.1 Å². The molecule has 3 nitrogen and oxygen atoms in total. The molecule has 1 aliphatic rings. The van der Waals surface area contributed by atoms with E-state index in [1.165, 1.54) is 12.8 Å². The molecule has 17 heavy (non-hydrogen) atoms. The van der Waals surface area contributed by atoms with Gasteiger partial charge in [-0.3, -0.25) is 4.79 Å². The lowest BCUT2D eigenvalue weighted by Crippen LogP contribution is -2.32. The molecule has 0 spiro atoms. The van der Waals surface area contributed by atoms with Crippen LogP contribution in [0.15, 0.2) is 24.3 Å². The number of carbonyl (C=O) groups is 1. The highest BCUT2D eigenvalue weighted by molar-refractivity contribution is 8.00. The molecule has 1 aromatic rings. The molecular formula is C13H18N2OS. The fourth-order valence-corrected chi connectivity index (χ4v) is 2.46. The van der Waals surface area contributed by atoms with Gasteiger partial charge in [-0.2, -0.15) is 11.8 Å². The normalized spacial score (nSPS) is 16.5. The number of anilines is 1. The second kappa shape index (κ2) is 5.00. The quantitative estimate of drug-likeness (QED) is 0.784. The summed E-state index contributed by atoms with van der Waals surface area (Å²) in [4.78, 5) is 11.7. The van der Waals surface area contributed by atoms with Crippen LogP contribution in [-0.2, 0) is 11.2 Å². The summed E-state index contributed by atoms with van der Waals surface area (Å²) in [6.07, 6.45) is 4.98. The topological polar surface area (TPSA) is 55.1 Å². The summed E-state index contributed by atoms with van der Waals surface area (Å²) in [6, 6.07) is 7.45. The Morgan fingerprint density at radius 1 is 1.41 bits per heavy atom. The number of nitrogens with one attached hydrogen (secondary N) is 1. The average Bonchev–Trinajstić information content (AvgIpc) is 3.10. The molecular weight excluding hydrogens is 232 g/mol. The number of rotatable bonds is 5. The molecule has 3 N–H and O–H groups in total. The molecule has 1 aliphatic carbocycles. The zero-order valence-electron chi connectivity index (χ0n) is 10.0. The smallest absolute Gasteiger partial charge is 0.224 e. The van der Waals surface area contributed by atoms with Gasteiger partial charge in [0.1, 0.15) is 0 Å². The number of nitrogen functional groups attached to an aromatic ring is 1. The Morgan fingerprint density at radius 3 is 2.59 bits per heavy atom. The van der Waals surface area contributed by atoms with Crippen LogP contribution in [0, 0.1) is 0 Å². The van der Waals surface area contributed by atoms with E-state index in [4.69, 9.17) is 5.73 Å². The number of benzene rings is 1. The largest absolute Gasteiger partial charge is 0.399 e. The first kappa shape index (κ1) is 12.3.